The van der Waals surface area contributed by atoms with E-state index in [9.17, 15) is 13.2 Å². The highest BCUT2D eigenvalue weighted by Crippen LogP contribution is 2.40. The molecule has 1 aromatic carbocycles. The summed E-state index contributed by atoms with van der Waals surface area (Å²) in [7, 11) is 0. The molecule has 0 aromatic heterocycles. The zero-order valence-electron chi connectivity index (χ0n) is 15.8. The number of amidine groups is 1. The highest BCUT2D eigenvalue weighted by molar-refractivity contribution is 6.33. The molecule has 11 heteroatoms. The van der Waals surface area contributed by atoms with Crippen molar-refractivity contribution in [3.8, 4) is 5.75 Å². The maximum atomic E-state index is 12.5. The highest BCUT2D eigenvalue weighted by Gasteiger charge is 2.40. The first-order valence-electron chi connectivity index (χ1n) is 9.41. The molecule has 2 fully saturated rings. The van der Waals surface area contributed by atoms with Gasteiger partial charge in [-0.15, -0.1) is 13.2 Å². The first-order chi connectivity index (χ1) is 13.7. The predicted molar refractivity (Wildman–Crippen MR) is 105 cm³/mol. The number of benzene rings is 1. The van der Waals surface area contributed by atoms with Crippen LogP contribution in [0.1, 0.15) is 32.1 Å². The molecule has 0 aliphatic carbocycles. The van der Waals surface area contributed by atoms with E-state index in [-0.39, 0.29) is 11.4 Å². The molecule has 7 nitrogen and oxygen atoms in total. The van der Waals surface area contributed by atoms with Crippen LogP contribution in [0, 0.1) is 5.92 Å². The Morgan fingerprint density at radius 3 is 2.66 bits per heavy atom. The summed E-state index contributed by atoms with van der Waals surface area (Å²) in [4.78, 5) is 1.98. The van der Waals surface area contributed by atoms with Gasteiger partial charge in [-0.25, -0.2) is 11.4 Å². The second-order valence-electron chi connectivity index (χ2n) is 7.48. The number of hydrogen-bond donors (Lipinski definition) is 3. The Hall–Kier alpha value is -1.91. The molecule has 0 radical (unpaired) electrons. The second-order valence-corrected chi connectivity index (χ2v) is 7.89. The van der Waals surface area contributed by atoms with E-state index < -0.39 is 6.36 Å². The summed E-state index contributed by atoms with van der Waals surface area (Å²) in [6, 6.07) is 3.97. The number of hydrazone groups is 1. The molecule has 29 heavy (non-hydrogen) atoms. The fraction of sp³-hybridized carbons (Fsp3) is 0.611. The molecule has 0 amide bonds. The van der Waals surface area contributed by atoms with E-state index in [4.69, 9.17) is 27.9 Å². The number of hydrazine groups is 1. The van der Waals surface area contributed by atoms with Crippen LogP contribution in [0.15, 0.2) is 23.3 Å². The molecule has 3 rings (SSSR count). The molecule has 0 bridgehead atoms. The Labute approximate surface area is 172 Å². The van der Waals surface area contributed by atoms with Gasteiger partial charge in [-0.05, 0) is 43.7 Å². The number of piperidine rings is 1. The lowest BCUT2D eigenvalue weighted by atomic mass is 9.81. The van der Waals surface area contributed by atoms with Gasteiger partial charge in [0.1, 0.15) is 11.6 Å². The molecular weight excluding hydrogens is 411 g/mol. The second kappa shape index (κ2) is 8.85. The van der Waals surface area contributed by atoms with Crippen LogP contribution in [0.3, 0.4) is 0 Å². The first kappa shape index (κ1) is 21.8. The minimum atomic E-state index is -4.74. The molecule has 2 aliphatic heterocycles. The predicted octanol–water partition coefficient (Wildman–Crippen LogP) is 3.13. The third kappa shape index (κ3) is 5.80. The molecule has 2 saturated heterocycles. The van der Waals surface area contributed by atoms with E-state index in [0.29, 0.717) is 48.6 Å². The number of nitrogens with two attached hydrogens (primary N) is 2. The van der Waals surface area contributed by atoms with Crippen LogP contribution in [0.25, 0.3) is 0 Å². The van der Waals surface area contributed by atoms with Gasteiger partial charge in [-0.2, -0.15) is 5.10 Å². The van der Waals surface area contributed by atoms with Gasteiger partial charge in [-0.1, -0.05) is 11.6 Å². The summed E-state index contributed by atoms with van der Waals surface area (Å²) in [5.74, 6) is 5.59. The fourth-order valence-electron chi connectivity index (χ4n) is 3.98. The van der Waals surface area contributed by atoms with Crippen LogP contribution >= 0.6 is 11.6 Å². The average Bonchev–Trinajstić information content (AvgIpc) is 2.65. The SMILES string of the molecule is NN/N=C(\N)CC1CCC2(CCN(c3cc(OC(F)(F)F)ccc3Cl)CC2)OC1. The third-order valence-corrected chi connectivity index (χ3v) is 5.83. The summed E-state index contributed by atoms with van der Waals surface area (Å²) in [5.41, 5.74) is 8.30. The van der Waals surface area contributed by atoms with Gasteiger partial charge in [-0.3, -0.25) is 0 Å². The molecule has 1 aromatic rings. The van der Waals surface area contributed by atoms with Crippen LogP contribution in [-0.2, 0) is 4.74 Å². The standard InChI is InChI=1S/C18H25ClF3N5O2/c19-14-2-1-13(29-18(20,21)22)10-15(14)27-7-5-17(6-8-27)4-3-12(11-28-17)9-16(23)25-26-24/h1-2,10,12,26H,3-9,11,24H2,(H2,23,25). The van der Waals surface area contributed by atoms with Crippen molar-refractivity contribution in [1.29, 1.82) is 0 Å². The summed E-state index contributed by atoms with van der Waals surface area (Å²) >= 11 is 6.22. The third-order valence-electron chi connectivity index (χ3n) is 5.51. The van der Waals surface area contributed by atoms with E-state index >= 15 is 0 Å². The number of hydrogen-bond acceptors (Lipinski definition) is 6. The topological polar surface area (TPSA) is 98.1 Å². The monoisotopic (exact) mass is 435 g/mol. The molecule has 2 heterocycles. The molecule has 162 valence electrons. The van der Waals surface area contributed by atoms with Crippen LogP contribution in [0.2, 0.25) is 5.02 Å². The van der Waals surface area contributed by atoms with Crippen molar-refractivity contribution in [2.45, 2.75) is 44.1 Å². The van der Waals surface area contributed by atoms with Gasteiger partial charge in [0.15, 0.2) is 0 Å². The van der Waals surface area contributed by atoms with Crippen molar-refractivity contribution in [3.05, 3.63) is 23.2 Å². The van der Waals surface area contributed by atoms with Crippen molar-refractivity contribution < 1.29 is 22.6 Å². The molecule has 5 N–H and O–H groups in total. The Morgan fingerprint density at radius 1 is 1.34 bits per heavy atom. The molecular formula is C18H25ClF3N5O2. The number of ether oxygens (including phenoxy) is 2. The number of anilines is 1. The number of halogens is 4. The number of nitrogens with zero attached hydrogens (tertiary/aromatic N) is 2. The van der Waals surface area contributed by atoms with Crippen LogP contribution < -0.4 is 26.7 Å². The van der Waals surface area contributed by atoms with Crippen molar-refractivity contribution in [3.63, 3.8) is 0 Å². The Bertz CT molecular complexity index is 729. The summed E-state index contributed by atoms with van der Waals surface area (Å²) in [6.45, 7) is 1.87. The summed E-state index contributed by atoms with van der Waals surface area (Å²) in [5, 5.41) is 4.16. The van der Waals surface area contributed by atoms with Crippen LogP contribution in [0.5, 0.6) is 5.75 Å². The van der Waals surface area contributed by atoms with Crippen molar-refractivity contribution >= 4 is 23.1 Å². The Balaban J connectivity index is 1.57. The molecule has 1 atom stereocenters. The molecule has 2 aliphatic rings. The molecule has 0 saturated carbocycles. The van der Waals surface area contributed by atoms with Gasteiger partial charge >= 0.3 is 6.36 Å². The van der Waals surface area contributed by atoms with Gasteiger partial charge in [0.25, 0.3) is 0 Å². The summed E-state index contributed by atoms with van der Waals surface area (Å²) in [6.07, 6.45) is -0.704. The number of alkyl halides is 3. The van der Waals surface area contributed by atoms with Gasteiger partial charge < -0.3 is 20.1 Å². The average molecular weight is 436 g/mol. The zero-order valence-corrected chi connectivity index (χ0v) is 16.6. The van der Waals surface area contributed by atoms with Crippen molar-refractivity contribution in [2.24, 2.45) is 22.6 Å². The quantitative estimate of drug-likeness (QED) is 0.284. The van der Waals surface area contributed by atoms with E-state index in [1.807, 2.05) is 4.90 Å². The molecule has 1 spiro atoms. The largest absolute Gasteiger partial charge is 0.573 e. The fourth-order valence-corrected chi connectivity index (χ4v) is 4.22. The van der Waals surface area contributed by atoms with Crippen LogP contribution in [-0.4, -0.2) is 37.5 Å². The van der Waals surface area contributed by atoms with Crippen molar-refractivity contribution in [1.82, 2.24) is 5.53 Å². The summed E-state index contributed by atoms with van der Waals surface area (Å²) < 4.78 is 47.7. The lowest BCUT2D eigenvalue weighted by molar-refractivity contribution is -0.274. The van der Waals surface area contributed by atoms with E-state index in [0.717, 1.165) is 25.7 Å². The van der Waals surface area contributed by atoms with Crippen LogP contribution in [0.4, 0.5) is 18.9 Å². The van der Waals surface area contributed by atoms with E-state index in [1.54, 1.807) is 0 Å². The lowest BCUT2D eigenvalue weighted by Gasteiger charge is -2.46. The van der Waals surface area contributed by atoms with Gasteiger partial charge in [0, 0.05) is 25.6 Å². The maximum Gasteiger partial charge on any atom is 0.573 e. The Kier molecular flexibility index (Phi) is 6.65. The normalized spacial score (nSPS) is 22.6. The molecule has 1 unspecified atom stereocenters. The number of nitrogens with one attached hydrogen (secondary N) is 1. The van der Waals surface area contributed by atoms with Gasteiger partial charge in [0.2, 0.25) is 0 Å². The minimum absolute atomic E-state index is 0.211. The van der Waals surface area contributed by atoms with Gasteiger partial charge in [0.05, 0.1) is 22.9 Å². The maximum absolute atomic E-state index is 12.5. The number of rotatable bonds is 5. The minimum Gasteiger partial charge on any atom is -0.406 e. The first-order valence-corrected chi connectivity index (χ1v) is 9.79. The lowest BCUT2D eigenvalue weighted by Crippen LogP contribution is -2.49. The smallest absolute Gasteiger partial charge is 0.406 e. The van der Waals surface area contributed by atoms with E-state index in [2.05, 4.69) is 15.4 Å². The Morgan fingerprint density at radius 2 is 2.07 bits per heavy atom. The van der Waals surface area contributed by atoms with Crippen molar-refractivity contribution in [2.75, 3.05) is 24.6 Å². The highest BCUT2D eigenvalue weighted by atomic mass is 35.5. The van der Waals surface area contributed by atoms with E-state index in [1.165, 1.54) is 18.2 Å². The zero-order chi connectivity index (χ0) is 21.1.